The smallest absolute Gasteiger partial charge is 0.338 e. The lowest BCUT2D eigenvalue weighted by atomic mass is 10.1. The van der Waals surface area contributed by atoms with Crippen molar-refractivity contribution in [3.8, 4) is 0 Å². The number of carbonyl (C=O) groups is 1. The summed E-state index contributed by atoms with van der Waals surface area (Å²) in [6.07, 6.45) is 2.45. The maximum Gasteiger partial charge on any atom is 0.338 e. The number of aromatic amines is 1. The van der Waals surface area contributed by atoms with Crippen LogP contribution in [0.5, 0.6) is 0 Å². The molecule has 1 aromatic carbocycles. The van der Waals surface area contributed by atoms with Gasteiger partial charge in [-0.3, -0.25) is 9.20 Å². The molecule has 1 N–H and O–H groups in total. The minimum absolute atomic E-state index is 0.0216. The minimum Gasteiger partial charge on any atom is -0.459 e. The van der Waals surface area contributed by atoms with Crippen LogP contribution in [0.3, 0.4) is 0 Å². The maximum absolute atomic E-state index is 12.2. The summed E-state index contributed by atoms with van der Waals surface area (Å²) in [4.78, 5) is 26.6. The number of carbonyl (C=O) groups excluding carboxylic acids is 1. The summed E-state index contributed by atoms with van der Waals surface area (Å²) in [5.74, 6) is 0.0210. The van der Waals surface area contributed by atoms with Gasteiger partial charge in [-0.2, -0.15) is 0 Å². The van der Waals surface area contributed by atoms with E-state index in [0.29, 0.717) is 22.8 Å². The number of fused-ring (bicyclic) bond motifs is 1. The zero-order chi connectivity index (χ0) is 19.7. The number of ether oxygens (including phenoxy) is 3. The zero-order valence-electron chi connectivity index (χ0n) is 14.9. The van der Waals surface area contributed by atoms with Gasteiger partial charge in [0.2, 0.25) is 5.65 Å². The van der Waals surface area contributed by atoms with Crippen LogP contribution in [0.4, 0.5) is 0 Å². The second-order valence-electron chi connectivity index (χ2n) is 6.32. The van der Waals surface area contributed by atoms with E-state index in [-0.39, 0.29) is 23.9 Å². The molecule has 3 unspecified atom stereocenters. The Kier molecular flexibility index (Phi) is 5.12. The summed E-state index contributed by atoms with van der Waals surface area (Å²) in [6, 6.07) is 6.43. The normalized spacial score (nSPS) is 21.9. The number of halogens is 1. The molecule has 0 amide bonds. The summed E-state index contributed by atoms with van der Waals surface area (Å²) < 4.78 is 18.4. The Morgan fingerprint density at radius 3 is 2.89 bits per heavy atom. The third-order valence-electron chi connectivity index (χ3n) is 4.61. The van der Waals surface area contributed by atoms with Crippen molar-refractivity contribution in [1.82, 2.24) is 19.6 Å². The van der Waals surface area contributed by atoms with Gasteiger partial charge in [-0.1, -0.05) is 11.6 Å². The monoisotopic (exact) mass is 404 g/mol. The summed E-state index contributed by atoms with van der Waals surface area (Å²) in [6.45, 7) is 0.0216. The average molecular weight is 405 g/mol. The van der Waals surface area contributed by atoms with Gasteiger partial charge >= 0.3 is 5.97 Å². The first-order chi connectivity index (χ1) is 13.6. The van der Waals surface area contributed by atoms with E-state index in [0.717, 1.165) is 0 Å². The van der Waals surface area contributed by atoms with Gasteiger partial charge < -0.3 is 19.2 Å². The van der Waals surface area contributed by atoms with E-state index in [2.05, 4.69) is 15.2 Å². The molecule has 3 atom stereocenters. The highest BCUT2D eigenvalue weighted by Gasteiger charge is 2.39. The number of methoxy groups -OCH3 is 1. The van der Waals surface area contributed by atoms with E-state index in [4.69, 9.17) is 25.8 Å². The Bertz CT molecular complexity index is 1050. The second kappa shape index (κ2) is 7.70. The molecular weight excluding hydrogens is 388 g/mol. The molecule has 1 aliphatic heterocycles. The van der Waals surface area contributed by atoms with Crippen LogP contribution in [0.25, 0.3) is 5.65 Å². The van der Waals surface area contributed by atoms with Crippen molar-refractivity contribution in [2.45, 2.75) is 24.7 Å². The number of rotatable bonds is 5. The van der Waals surface area contributed by atoms with E-state index in [1.807, 2.05) is 0 Å². The summed E-state index contributed by atoms with van der Waals surface area (Å²) in [5, 5.41) is 8.54. The number of hydrogen-bond acceptors (Lipinski definition) is 7. The molecule has 4 rings (SSSR count). The summed E-state index contributed by atoms with van der Waals surface area (Å²) in [7, 11) is 1.57. The predicted molar refractivity (Wildman–Crippen MR) is 98.4 cm³/mol. The molecule has 1 fully saturated rings. The largest absolute Gasteiger partial charge is 0.459 e. The number of aromatic nitrogens is 4. The van der Waals surface area contributed by atoms with Crippen molar-refractivity contribution in [2.24, 2.45) is 0 Å². The molecule has 0 aliphatic carbocycles. The van der Waals surface area contributed by atoms with Crippen molar-refractivity contribution >= 4 is 23.2 Å². The number of nitrogens with one attached hydrogen (secondary N) is 1. The van der Waals surface area contributed by atoms with Crippen molar-refractivity contribution < 1.29 is 19.0 Å². The fraction of sp³-hybridized carbons (Fsp3) is 0.333. The maximum atomic E-state index is 12.2. The van der Waals surface area contributed by atoms with E-state index >= 15 is 0 Å². The molecule has 10 heteroatoms. The quantitative estimate of drug-likeness (QED) is 0.645. The predicted octanol–water partition coefficient (Wildman–Crippen LogP) is 1.77. The van der Waals surface area contributed by atoms with Crippen molar-refractivity contribution in [2.75, 3.05) is 13.7 Å². The van der Waals surface area contributed by atoms with Crippen LogP contribution in [0, 0.1) is 0 Å². The first-order valence-corrected chi connectivity index (χ1v) is 8.98. The topological polar surface area (TPSA) is 108 Å². The molecule has 3 heterocycles. The summed E-state index contributed by atoms with van der Waals surface area (Å²) in [5.41, 5.74) is 0.249. The highest BCUT2D eigenvalue weighted by atomic mass is 35.5. The van der Waals surface area contributed by atoms with Gasteiger partial charge in [0.1, 0.15) is 18.8 Å². The SMILES string of the molecule is COC1CC(c2nnc3c(=O)[nH]ccn23)OC1COC(=O)c1ccc(Cl)cc1. The fourth-order valence-electron chi connectivity index (χ4n) is 3.18. The highest BCUT2D eigenvalue weighted by Crippen LogP contribution is 2.33. The molecule has 2 aromatic heterocycles. The molecule has 3 aromatic rings. The van der Waals surface area contributed by atoms with Crippen LogP contribution < -0.4 is 5.56 Å². The fourth-order valence-corrected chi connectivity index (χ4v) is 3.31. The van der Waals surface area contributed by atoms with Crippen molar-refractivity contribution in [3.05, 3.63) is 63.4 Å². The highest BCUT2D eigenvalue weighted by molar-refractivity contribution is 6.30. The van der Waals surface area contributed by atoms with Crippen LogP contribution in [-0.4, -0.2) is 51.5 Å². The molecule has 146 valence electrons. The lowest BCUT2D eigenvalue weighted by Crippen LogP contribution is -2.29. The Labute approximate surface area is 164 Å². The Hall–Kier alpha value is -2.75. The number of nitrogens with zero attached hydrogens (tertiary/aromatic N) is 3. The average Bonchev–Trinajstić information content (AvgIpc) is 3.31. The van der Waals surface area contributed by atoms with Gasteiger partial charge in [0.25, 0.3) is 5.56 Å². The molecular formula is C18H17ClN4O5. The second-order valence-corrected chi connectivity index (χ2v) is 6.76. The van der Waals surface area contributed by atoms with Gasteiger partial charge in [0, 0.05) is 30.9 Å². The standard InChI is InChI=1S/C18H17ClN4O5/c1-26-12-8-13(15-21-22-16-17(24)20-6-7-23(15)16)28-14(12)9-27-18(25)10-2-4-11(19)5-3-10/h2-7,12-14H,8-9H2,1H3,(H,20,24). The molecule has 0 radical (unpaired) electrons. The van der Waals surface area contributed by atoms with E-state index in [9.17, 15) is 9.59 Å². The Morgan fingerprint density at radius 1 is 1.36 bits per heavy atom. The zero-order valence-corrected chi connectivity index (χ0v) is 15.6. The van der Waals surface area contributed by atoms with Gasteiger partial charge in [0.15, 0.2) is 5.82 Å². The molecule has 1 saturated heterocycles. The number of benzene rings is 1. The third-order valence-corrected chi connectivity index (χ3v) is 4.86. The Balaban J connectivity index is 1.46. The van der Waals surface area contributed by atoms with Crippen LogP contribution in [0.15, 0.2) is 41.5 Å². The number of hydrogen-bond donors (Lipinski definition) is 1. The van der Waals surface area contributed by atoms with Crippen LogP contribution >= 0.6 is 11.6 Å². The van der Waals surface area contributed by atoms with Crippen LogP contribution in [-0.2, 0) is 14.2 Å². The van der Waals surface area contributed by atoms with Crippen molar-refractivity contribution in [3.63, 3.8) is 0 Å². The van der Waals surface area contributed by atoms with Crippen molar-refractivity contribution in [1.29, 1.82) is 0 Å². The van der Waals surface area contributed by atoms with Gasteiger partial charge in [-0.25, -0.2) is 4.79 Å². The number of esters is 1. The molecule has 0 bridgehead atoms. The first-order valence-electron chi connectivity index (χ1n) is 8.60. The van der Waals surface area contributed by atoms with Gasteiger partial charge in [0.05, 0.1) is 11.7 Å². The third kappa shape index (κ3) is 3.51. The molecule has 0 spiro atoms. The van der Waals surface area contributed by atoms with E-state index in [1.165, 1.54) is 6.20 Å². The van der Waals surface area contributed by atoms with Gasteiger partial charge in [-0.15, -0.1) is 10.2 Å². The van der Waals surface area contributed by atoms with E-state index < -0.39 is 18.2 Å². The van der Waals surface area contributed by atoms with E-state index in [1.54, 1.807) is 42.0 Å². The summed E-state index contributed by atoms with van der Waals surface area (Å²) >= 11 is 5.83. The molecule has 1 aliphatic rings. The number of H-pyrrole nitrogens is 1. The lowest BCUT2D eigenvalue weighted by molar-refractivity contribution is -0.0452. The molecule has 0 saturated carbocycles. The minimum atomic E-state index is -0.474. The lowest BCUT2D eigenvalue weighted by Gasteiger charge is -2.17. The van der Waals surface area contributed by atoms with Crippen LogP contribution in [0.2, 0.25) is 5.02 Å². The molecule has 9 nitrogen and oxygen atoms in total. The molecule has 28 heavy (non-hydrogen) atoms. The Morgan fingerprint density at radius 2 is 2.14 bits per heavy atom. The van der Waals surface area contributed by atoms with Crippen LogP contribution in [0.1, 0.15) is 28.7 Å². The first kappa shape index (κ1) is 18.6. The van der Waals surface area contributed by atoms with Gasteiger partial charge in [-0.05, 0) is 24.3 Å².